The van der Waals surface area contributed by atoms with Crippen LogP contribution in [0.4, 0.5) is 17.5 Å². The minimum absolute atomic E-state index is 0.441. The zero-order chi connectivity index (χ0) is 14.8. The average Bonchev–Trinajstić information content (AvgIpc) is 3.24. The Labute approximate surface area is 123 Å². The zero-order valence-corrected chi connectivity index (χ0v) is 12.1. The Morgan fingerprint density at radius 1 is 1.48 bits per heavy atom. The van der Waals surface area contributed by atoms with Crippen LogP contribution in [-0.2, 0) is 0 Å². The second-order valence-electron chi connectivity index (χ2n) is 5.23. The van der Waals surface area contributed by atoms with Crippen LogP contribution in [0, 0.1) is 24.2 Å². The number of aromatic nitrogens is 4. The molecule has 0 spiro atoms. The number of hydrogen-bond donors (Lipinski definition) is 2. The molecule has 3 rings (SSSR count). The van der Waals surface area contributed by atoms with Gasteiger partial charge in [-0.1, -0.05) is 0 Å². The van der Waals surface area contributed by atoms with Crippen LogP contribution in [0.2, 0.25) is 0 Å². The molecule has 0 aromatic carbocycles. The Bertz CT molecular complexity index is 681. The molecule has 108 valence electrons. The average molecular weight is 283 g/mol. The number of rotatable bonds is 5. The normalized spacial score (nSPS) is 13.8. The number of anilines is 3. The van der Waals surface area contributed by atoms with Gasteiger partial charge in [0.1, 0.15) is 17.5 Å². The van der Waals surface area contributed by atoms with E-state index in [1.807, 2.05) is 6.92 Å². The van der Waals surface area contributed by atoms with Crippen LogP contribution in [0.15, 0.2) is 12.4 Å². The van der Waals surface area contributed by atoms with Crippen LogP contribution in [0.3, 0.4) is 0 Å². The van der Waals surface area contributed by atoms with E-state index in [9.17, 15) is 0 Å². The molecule has 1 aliphatic rings. The summed E-state index contributed by atoms with van der Waals surface area (Å²) in [7, 11) is 1.75. The van der Waals surface area contributed by atoms with Gasteiger partial charge < -0.3 is 10.2 Å². The lowest BCUT2D eigenvalue weighted by atomic mass is 10.3. The van der Waals surface area contributed by atoms with Crippen LogP contribution < -0.4 is 10.2 Å². The first kappa shape index (κ1) is 13.4. The number of aromatic amines is 1. The fourth-order valence-electron chi connectivity index (χ4n) is 2.24. The summed E-state index contributed by atoms with van der Waals surface area (Å²) in [6.45, 7) is 2.85. The molecule has 0 unspecified atom stereocenters. The maximum atomic E-state index is 9.06. The van der Waals surface area contributed by atoms with Gasteiger partial charge in [-0.3, -0.25) is 5.10 Å². The molecule has 0 radical (unpaired) electrons. The topological polar surface area (TPSA) is 93.5 Å². The van der Waals surface area contributed by atoms with Gasteiger partial charge in [0.25, 0.3) is 0 Å². The monoisotopic (exact) mass is 283 g/mol. The Kier molecular flexibility index (Phi) is 3.44. The van der Waals surface area contributed by atoms with Crippen LogP contribution in [0.5, 0.6) is 0 Å². The number of H-pyrrole nitrogens is 1. The fraction of sp³-hybridized carbons (Fsp3) is 0.429. The van der Waals surface area contributed by atoms with Gasteiger partial charge >= 0.3 is 0 Å². The van der Waals surface area contributed by atoms with Gasteiger partial charge in [-0.2, -0.15) is 15.3 Å². The molecule has 1 saturated carbocycles. The summed E-state index contributed by atoms with van der Waals surface area (Å²) in [5.74, 6) is 1.82. The van der Waals surface area contributed by atoms with Crippen molar-refractivity contribution in [1.82, 2.24) is 20.2 Å². The highest BCUT2D eigenvalue weighted by molar-refractivity contribution is 5.62. The molecule has 2 aromatic rings. The van der Waals surface area contributed by atoms with Gasteiger partial charge in [-0.25, -0.2) is 4.98 Å². The molecule has 2 aromatic heterocycles. The highest BCUT2D eigenvalue weighted by Gasteiger charge is 2.28. The molecular weight excluding hydrogens is 266 g/mol. The van der Waals surface area contributed by atoms with E-state index in [4.69, 9.17) is 5.26 Å². The van der Waals surface area contributed by atoms with E-state index in [0.717, 1.165) is 17.9 Å². The summed E-state index contributed by atoms with van der Waals surface area (Å²) in [6, 6.07) is 2.09. The fourth-order valence-corrected chi connectivity index (χ4v) is 2.24. The van der Waals surface area contributed by atoms with E-state index in [2.05, 4.69) is 36.5 Å². The van der Waals surface area contributed by atoms with E-state index in [0.29, 0.717) is 23.2 Å². The molecule has 0 atom stereocenters. The van der Waals surface area contributed by atoms with Gasteiger partial charge in [0.05, 0.1) is 23.8 Å². The number of hydrogen-bond acceptors (Lipinski definition) is 6. The van der Waals surface area contributed by atoms with Crippen LogP contribution in [-0.4, -0.2) is 33.8 Å². The molecule has 1 aliphatic carbocycles. The number of nitriles is 1. The third kappa shape index (κ3) is 2.65. The van der Waals surface area contributed by atoms with Crippen molar-refractivity contribution in [2.45, 2.75) is 19.8 Å². The molecule has 2 N–H and O–H groups in total. The number of nitrogens with one attached hydrogen (secondary N) is 2. The predicted molar refractivity (Wildman–Crippen MR) is 79.3 cm³/mol. The Balaban J connectivity index is 2.00. The van der Waals surface area contributed by atoms with Gasteiger partial charge in [0, 0.05) is 13.6 Å². The summed E-state index contributed by atoms with van der Waals surface area (Å²) >= 11 is 0. The SMILES string of the molecule is CNc1nc(N(CC2CC2)c2cn[nH]c2C)ncc1C#N. The minimum Gasteiger partial charge on any atom is -0.372 e. The molecule has 0 amide bonds. The van der Waals surface area contributed by atoms with Crippen molar-refractivity contribution in [1.29, 1.82) is 5.26 Å². The van der Waals surface area contributed by atoms with Crippen molar-refractivity contribution in [3.05, 3.63) is 23.7 Å². The van der Waals surface area contributed by atoms with Crippen molar-refractivity contribution in [2.75, 3.05) is 23.8 Å². The van der Waals surface area contributed by atoms with Crippen LogP contribution in [0.25, 0.3) is 0 Å². The lowest BCUT2D eigenvalue weighted by Gasteiger charge is -2.22. The summed E-state index contributed by atoms with van der Waals surface area (Å²) in [5.41, 5.74) is 2.40. The van der Waals surface area contributed by atoms with Gasteiger partial charge in [-0.15, -0.1) is 0 Å². The molecule has 7 nitrogen and oxygen atoms in total. The Morgan fingerprint density at radius 2 is 2.29 bits per heavy atom. The second kappa shape index (κ2) is 5.40. The molecule has 2 heterocycles. The Morgan fingerprint density at radius 3 is 2.86 bits per heavy atom. The summed E-state index contributed by atoms with van der Waals surface area (Å²) in [6.07, 6.45) is 5.83. The first-order chi connectivity index (χ1) is 10.2. The quantitative estimate of drug-likeness (QED) is 0.871. The van der Waals surface area contributed by atoms with E-state index < -0.39 is 0 Å². The zero-order valence-electron chi connectivity index (χ0n) is 12.1. The molecule has 21 heavy (non-hydrogen) atoms. The molecule has 7 heteroatoms. The van der Waals surface area contributed by atoms with Gasteiger partial charge in [0.2, 0.25) is 5.95 Å². The molecule has 0 saturated heterocycles. The third-order valence-corrected chi connectivity index (χ3v) is 3.61. The smallest absolute Gasteiger partial charge is 0.232 e. The number of aryl methyl sites for hydroxylation is 1. The second-order valence-corrected chi connectivity index (χ2v) is 5.23. The van der Waals surface area contributed by atoms with E-state index in [1.54, 1.807) is 19.4 Å². The highest BCUT2D eigenvalue weighted by atomic mass is 15.3. The van der Waals surface area contributed by atoms with Crippen molar-refractivity contribution in [3.8, 4) is 6.07 Å². The summed E-state index contributed by atoms with van der Waals surface area (Å²) in [5, 5.41) is 19.0. The molecular formula is C14H17N7. The molecule has 1 fully saturated rings. The van der Waals surface area contributed by atoms with Crippen molar-refractivity contribution >= 4 is 17.5 Å². The first-order valence-corrected chi connectivity index (χ1v) is 6.95. The standard InChI is InChI=1S/C14H17N7/c1-9-12(7-18-20-9)21(8-10-3-4-10)14-17-6-11(5-15)13(16-2)19-14/h6-7,10H,3-4,8H2,1-2H3,(H,18,20)(H,16,17,19). The predicted octanol–water partition coefficient (Wildman–Crippen LogP) is 1.97. The number of nitrogens with zero attached hydrogens (tertiary/aromatic N) is 5. The van der Waals surface area contributed by atoms with Gasteiger partial charge in [-0.05, 0) is 25.7 Å². The van der Waals surface area contributed by atoms with E-state index in [-0.39, 0.29) is 0 Å². The maximum Gasteiger partial charge on any atom is 0.232 e. The largest absolute Gasteiger partial charge is 0.372 e. The van der Waals surface area contributed by atoms with Crippen LogP contribution >= 0.6 is 0 Å². The van der Waals surface area contributed by atoms with Crippen molar-refractivity contribution in [2.24, 2.45) is 5.92 Å². The molecule has 0 aliphatic heterocycles. The Hall–Kier alpha value is -2.62. The van der Waals surface area contributed by atoms with E-state index in [1.165, 1.54) is 12.8 Å². The summed E-state index contributed by atoms with van der Waals surface area (Å²) in [4.78, 5) is 10.9. The summed E-state index contributed by atoms with van der Waals surface area (Å²) < 4.78 is 0. The van der Waals surface area contributed by atoms with Crippen molar-refractivity contribution < 1.29 is 0 Å². The molecule has 0 bridgehead atoms. The van der Waals surface area contributed by atoms with Crippen LogP contribution in [0.1, 0.15) is 24.1 Å². The lowest BCUT2D eigenvalue weighted by Crippen LogP contribution is -2.23. The first-order valence-electron chi connectivity index (χ1n) is 6.95. The maximum absolute atomic E-state index is 9.06. The third-order valence-electron chi connectivity index (χ3n) is 3.61. The minimum atomic E-state index is 0.441. The lowest BCUT2D eigenvalue weighted by molar-refractivity contribution is 0.790. The van der Waals surface area contributed by atoms with Crippen molar-refractivity contribution in [3.63, 3.8) is 0 Å². The van der Waals surface area contributed by atoms with Gasteiger partial charge in [0.15, 0.2) is 0 Å². The van der Waals surface area contributed by atoms with E-state index >= 15 is 0 Å². The highest BCUT2D eigenvalue weighted by Crippen LogP contribution is 2.35.